The number of allylic oxidation sites excluding steroid dienone is 1. The van der Waals surface area contributed by atoms with Crippen LogP contribution in [0.5, 0.6) is 5.75 Å². The molecule has 0 saturated heterocycles. The summed E-state index contributed by atoms with van der Waals surface area (Å²) in [5, 5.41) is 0.910. The van der Waals surface area contributed by atoms with Gasteiger partial charge < -0.3 is 14.0 Å². The van der Waals surface area contributed by atoms with Crippen LogP contribution in [0, 0.1) is 0 Å². The number of hydrogen-bond donors (Lipinski definition) is 1. The van der Waals surface area contributed by atoms with Crippen molar-refractivity contribution in [3.8, 4) is 5.75 Å². The van der Waals surface area contributed by atoms with E-state index in [0.29, 0.717) is 21.9 Å². The van der Waals surface area contributed by atoms with Crippen molar-refractivity contribution in [1.82, 2.24) is 4.57 Å². The number of ether oxygens (including phenoxy) is 2. The fraction of sp³-hybridized carbons (Fsp3) is 0.217. The van der Waals surface area contributed by atoms with Gasteiger partial charge in [-0.3, -0.25) is 9.79 Å². The summed E-state index contributed by atoms with van der Waals surface area (Å²) in [5.41, 5.74) is 1.30. The van der Waals surface area contributed by atoms with Crippen LogP contribution in [-0.4, -0.2) is 30.5 Å². The monoisotopic (exact) mass is 462 g/mol. The van der Waals surface area contributed by atoms with Gasteiger partial charge in [-0.25, -0.2) is 0 Å². The van der Waals surface area contributed by atoms with Crippen LogP contribution in [0.4, 0.5) is 13.2 Å². The molecular weight excluding hydrogens is 441 g/mol. The molecule has 0 unspecified atom stereocenters. The highest BCUT2D eigenvalue weighted by Gasteiger charge is 2.29. The predicted octanol–water partition coefficient (Wildman–Crippen LogP) is 5.49. The van der Waals surface area contributed by atoms with Crippen LogP contribution >= 0.6 is 12.6 Å². The number of benzene rings is 2. The molecule has 0 radical (unpaired) electrons. The number of rotatable bonds is 7. The molecule has 0 fully saturated rings. The number of nitrogens with zero attached hydrogens (tertiary/aromatic N) is 2. The largest absolute Gasteiger partial charge is 0.488 e. The number of carbonyl (C=O) groups excluding carboxylic acids is 1. The van der Waals surface area contributed by atoms with Crippen LogP contribution in [0.3, 0.4) is 0 Å². The first kappa shape index (κ1) is 23.5. The summed E-state index contributed by atoms with van der Waals surface area (Å²) < 4.78 is 50.2. The number of fused-ring (bicyclic) bond motifs is 1. The van der Waals surface area contributed by atoms with Crippen molar-refractivity contribution in [3.05, 3.63) is 76.5 Å². The van der Waals surface area contributed by atoms with Gasteiger partial charge in [0.15, 0.2) is 0 Å². The quantitative estimate of drug-likeness (QED) is 0.287. The number of aliphatic imine (C=N–C) groups is 1. The van der Waals surface area contributed by atoms with Crippen molar-refractivity contribution in [1.29, 1.82) is 0 Å². The third-order valence-electron chi connectivity index (χ3n) is 4.71. The van der Waals surface area contributed by atoms with Crippen molar-refractivity contribution >= 4 is 35.7 Å². The fourth-order valence-corrected chi connectivity index (χ4v) is 2.99. The Labute approximate surface area is 188 Å². The standard InChI is InChI=1S/C23H21F3N2O3S/c1-15(27-12-16-3-5-18(6-4-16)23(24,25)26)21(32)14-31-19-7-8-20-17(11-19)9-10-28(20)13-22(29)30-2/h3-12,32H,13-14H2,1-2H3/b21-15-,27-12?. The first-order chi connectivity index (χ1) is 15.2. The third kappa shape index (κ3) is 5.94. The molecule has 0 spiro atoms. The van der Waals surface area contributed by atoms with E-state index >= 15 is 0 Å². The van der Waals surface area contributed by atoms with Crippen LogP contribution in [-0.2, 0) is 22.3 Å². The number of esters is 1. The SMILES string of the molecule is COC(=O)Cn1ccc2cc(OC/C(S)=C(\C)N=Cc3ccc(C(F)(F)F)cc3)ccc21. The van der Waals surface area contributed by atoms with Crippen molar-refractivity contribution < 1.29 is 27.4 Å². The van der Waals surface area contributed by atoms with Crippen LogP contribution < -0.4 is 4.74 Å². The summed E-state index contributed by atoms with van der Waals surface area (Å²) in [5.74, 6) is 0.291. The number of halogens is 3. The average Bonchev–Trinajstić information content (AvgIpc) is 3.17. The Morgan fingerprint density at radius 2 is 1.88 bits per heavy atom. The zero-order chi connectivity index (χ0) is 23.3. The summed E-state index contributed by atoms with van der Waals surface area (Å²) >= 11 is 4.42. The Hall–Kier alpha value is -3.20. The smallest absolute Gasteiger partial charge is 0.416 e. The molecule has 168 valence electrons. The molecule has 1 aromatic heterocycles. The summed E-state index contributed by atoms with van der Waals surface area (Å²) in [6.45, 7) is 2.04. The maximum atomic E-state index is 12.6. The van der Waals surface area contributed by atoms with E-state index in [1.165, 1.54) is 25.5 Å². The lowest BCUT2D eigenvalue weighted by molar-refractivity contribution is -0.141. The average molecular weight is 462 g/mol. The minimum atomic E-state index is -4.37. The lowest BCUT2D eigenvalue weighted by Gasteiger charge is -2.09. The van der Waals surface area contributed by atoms with E-state index < -0.39 is 11.7 Å². The Balaban J connectivity index is 1.63. The number of methoxy groups -OCH3 is 1. The Bertz CT molecular complexity index is 1170. The van der Waals surface area contributed by atoms with Crippen molar-refractivity contribution in [2.45, 2.75) is 19.6 Å². The molecule has 32 heavy (non-hydrogen) atoms. The minimum absolute atomic E-state index is 0.125. The summed E-state index contributed by atoms with van der Waals surface area (Å²) in [6, 6.07) is 12.1. The number of hydrogen-bond acceptors (Lipinski definition) is 5. The number of thiol groups is 1. The zero-order valence-corrected chi connectivity index (χ0v) is 18.3. The minimum Gasteiger partial charge on any atom is -0.488 e. The van der Waals surface area contributed by atoms with Gasteiger partial charge in [0.1, 0.15) is 18.9 Å². The second kappa shape index (κ2) is 9.95. The second-order valence-electron chi connectivity index (χ2n) is 6.94. The van der Waals surface area contributed by atoms with Crippen molar-refractivity contribution in [2.24, 2.45) is 4.99 Å². The second-order valence-corrected chi connectivity index (χ2v) is 7.48. The lowest BCUT2D eigenvalue weighted by Crippen LogP contribution is -2.10. The fourth-order valence-electron chi connectivity index (χ4n) is 2.87. The Kier molecular flexibility index (Phi) is 7.29. The highest BCUT2D eigenvalue weighted by molar-refractivity contribution is 7.84. The van der Waals surface area contributed by atoms with Gasteiger partial charge in [-0.2, -0.15) is 13.2 Å². The van der Waals surface area contributed by atoms with Gasteiger partial charge in [0.25, 0.3) is 0 Å². The molecule has 2 aromatic carbocycles. The first-order valence-electron chi connectivity index (χ1n) is 9.56. The zero-order valence-electron chi connectivity index (χ0n) is 17.4. The molecular formula is C23H21F3N2O3S. The van der Waals surface area contributed by atoms with Crippen LogP contribution in [0.1, 0.15) is 18.1 Å². The normalized spacial score (nSPS) is 12.8. The van der Waals surface area contributed by atoms with E-state index in [2.05, 4.69) is 17.6 Å². The van der Waals surface area contributed by atoms with Gasteiger partial charge in [0.2, 0.25) is 0 Å². The molecule has 1 heterocycles. The van der Waals surface area contributed by atoms with Gasteiger partial charge in [-0.15, -0.1) is 12.6 Å². The van der Waals surface area contributed by atoms with E-state index in [4.69, 9.17) is 9.47 Å². The predicted molar refractivity (Wildman–Crippen MR) is 120 cm³/mol. The van der Waals surface area contributed by atoms with E-state index in [0.717, 1.165) is 23.0 Å². The van der Waals surface area contributed by atoms with Crippen LogP contribution in [0.15, 0.2) is 70.3 Å². The number of alkyl halides is 3. The lowest BCUT2D eigenvalue weighted by atomic mass is 10.1. The molecule has 9 heteroatoms. The number of carbonyl (C=O) groups is 1. The van der Waals surface area contributed by atoms with Gasteiger partial charge in [-0.05, 0) is 48.9 Å². The molecule has 0 saturated carbocycles. The highest BCUT2D eigenvalue weighted by Crippen LogP contribution is 2.29. The molecule has 5 nitrogen and oxygen atoms in total. The van der Waals surface area contributed by atoms with Crippen molar-refractivity contribution in [2.75, 3.05) is 13.7 Å². The van der Waals surface area contributed by atoms with E-state index in [9.17, 15) is 18.0 Å². The molecule has 3 aromatic rings. The van der Waals surface area contributed by atoms with Gasteiger partial charge in [0.05, 0.1) is 12.7 Å². The summed E-state index contributed by atoms with van der Waals surface area (Å²) in [7, 11) is 1.35. The molecule has 0 N–H and O–H groups in total. The van der Waals surface area contributed by atoms with Crippen molar-refractivity contribution in [3.63, 3.8) is 0 Å². The molecule has 0 atom stereocenters. The molecule has 0 amide bonds. The number of aromatic nitrogens is 1. The van der Waals surface area contributed by atoms with Gasteiger partial charge in [0, 0.05) is 33.9 Å². The molecule has 3 rings (SSSR count). The Morgan fingerprint density at radius 3 is 2.53 bits per heavy atom. The maximum Gasteiger partial charge on any atom is 0.416 e. The maximum absolute atomic E-state index is 12.6. The summed E-state index contributed by atoms with van der Waals surface area (Å²) in [6.07, 6.45) is -1.09. The van der Waals surface area contributed by atoms with E-state index in [1.54, 1.807) is 23.8 Å². The molecule has 0 aliphatic carbocycles. The van der Waals surface area contributed by atoms with Gasteiger partial charge in [-0.1, -0.05) is 12.1 Å². The summed E-state index contributed by atoms with van der Waals surface area (Å²) in [4.78, 5) is 16.3. The van der Waals surface area contributed by atoms with Crippen LogP contribution in [0.25, 0.3) is 10.9 Å². The first-order valence-corrected chi connectivity index (χ1v) is 10.0. The van der Waals surface area contributed by atoms with E-state index in [1.807, 2.05) is 18.2 Å². The topological polar surface area (TPSA) is 52.8 Å². The van der Waals surface area contributed by atoms with Gasteiger partial charge >= 0.3 is 12.1 Å². The van der Waals surface area contributed by atoms with Crippen LogP contribution in [0.2, 0.25) is 0 Å². The molecule has 0 aliphatic rings. The third-order valence-corrected chi connectivity index (χ3v) is 5.16. The molecule has 0 aliphatic heterocycles. The highest BCUT2D eigenvalue weighted by atomic mass is 32.1. The van der Waals surface area contributed by atoms with E-state index in [-0.39, 0.29) is 19.1 Å². The molecule has 0 bridgehead atoms. The Morgan fingerprint density at radius 1 is 1.16 bits per heavy atom.